The Labute approximate surface area is 212 Å². The summed E-state index contributed by atoms with van der Waals surface area (Å²) < 4.78 is 75.7. The Morgan fingerprint density at radius 1 is 1.03 bits per heavy atom. The number of nitrogens with one attached hydrogen (secondary N) is 1. The summed E-state index contributed by atoms with van der Waals surface area (Å²) in [6.07, 6.45) is 2.31. The van der Waals surface area contributed by atoms with Crippen molar-refractivity contribution in [2.75, 3.05) is 11.1 Å². The van der Waals surface area contributed by atoms with Crippen LogP contribution in [0.25, 0.3) is 11.3 Å². The third kappa shape index (κ3) is 7.68. The molecule has 1 saturated carbocycles. The van der Waals surface area contributed by atoms with Crippen LogP contribution in [-0.2, 0) is 22.0 Å². The number of hydrogen-bond donors (Lipinski definition) is 2. The highest BCUT2D eigenvalue weighted by molar-refractivity contribution is 7.90. The Morgan fingerprint density at radius 3 is 2.49 bits per heavy atom. The van der Waals surface area contributed by atoms with Crippen LogP contribution in [0.2, 0.25) is 0 Å². The standard InChI is InChI=1S/C25H27F4N5O2S/c26-21-12-16(3-4-17(21)14-37(35,36)15-25(27,28)29)13-23-20(2-1-10-31-23)22-9-11-32-24(34-22)33-19-7-5-18(30)6-8-19/h1-4,9-12,18-19H,5-8,13-15,30H2,(H,32,33,34). The minimum Gasteiger partial charge on any atom is -0.351 e. The lowest BCUT2D eigenvalue weighted by Gasteiger charge is -2.26. The average molecular weight is 538 g/mol. The van der Waals surface area contributed by atoms with Gasteiger partial charge >= 0.3 is 6.18 Å². The van der Waals surface area contributed by atoms with E-state index in [0.29, 0.717) is 22.9 Å². The molecule has 12 heteroatoms. The fourth-order valence-corrected chi connectivity index (χ4v) is 5.69. The molecule has 0 unspecified atom stereocenters. The van der Waals surface area contributed by atoms with Gasteiger partial charge in [-0.15, -0.1) is 0 Å². The molecule has 0 atom stereocenters. The number of aromatic nitrogens is 3. The van der Waals surface area contributed by atoms with E-state index in [1.807, 2.05) is 6.07 Å². The van der Waals surface area contributed by atoms with E-state index in [1.54, 1.807) is 24.5 Å². The third-order valence-electron chi connectivity index (χ3n) is 6.17. The molecule has 3 aromatic rings. The molecule has 0 amide bonds. The summed E-state index contributed by atoms with van der Waals surface area (Å²) in [5.41, 5.74) is 8.10. The number of nitrogens with zero attached hydrogens (tertiary/aromatic N) is 3. The summed E-state index contributed by atoms with van der Waals surface area (Å²) in [5.74, 6) is -3.43. The Kier molecular flexibility index (Phi) is 8.08. The van der Waals surface area contributed by atoms with Gasteiger partial charge in [0.25, 0.3) is 0 Å². The van der Waals surface area contributed by atoms with E-state index in [0.717, 1.165) is 37.3 Å². The van der Waals surface area contributed by atoms with Crippen molar-refractivity contribution in [3.05, 3.63) is 71.4 Å². The molecular weight excluding hydrogens is 510 g/mol. The van der Waals surface area contributed by atoms with Gasteiger partial charge in [0.05, 0.1) is 17.1 Å². The van der Waals surface area contributed by atoms with Crippen molar-refractivity contribution in [1.82, 2.24) is 15.0 Å². The number of pyridine rings is 1. The third-order valence-corrected chi connectivity index (χ3v) is 7.69. The van der Waals surface area contributed by atoms with Crippen molar-refractivity contribution in [3.63, 3.8) is 0 Å². The largest absolute Gasteiger partial charge is 0.402 e. The van der Waals surface area contributed by atoms with Crippen LogP contribution in [-0.4, -0.2) is 47.4 Å². The molecule has 1 aliphatic rings. The van der Waals surface area contributed by atoms with Crippen LogP contribution < -0.4 is 11.1 Å². The van der Waals surface area contributed by atoms with Crippen LogP contribution in [0.5, 0.6) is 0 Å². The molecule has 2 aromatic heterocycles. The summed E-state index contributed by atoms with van der Waals surface area (Å²) in [7, 11) is -4.55. The zero-order valence-corrected chi connectivity index (χ0v) is 20.7. The van der Waals surface area contributed by atoms with E-state index in [1.165, 1.54) is 12.1 Å². The fraction of sp³-hybridized carbons (Fsp3) is 0.400. The predicted molar refractivity (Wildman–Crippen MR) is 132 cm³/mol. The van der Waals surface area contributed by atoms with Gasteiger partial charge in [-0.05, 0) is 55.5 Å². The summed E-state index contributed by atoms with van der Waals surface area (Å²) in [5, 5.41) is 3.36. The maximum atomic E-state index is 14.6. The zero-order chi connectivity index (χ0) is 26.6. The number of anilines is 1. The summed E-state index contributed by atoms with van der Waals surface area (Å²) in [6, 6.07) is 9.62. The van der Waals surface area contributed by atoms with Crippen molar-refractivity contribution in [3.8, 4) is 11.3 Å². The number of nitrogens with two attached hydrogens (primary N) is 1. The normalized spacial score (nSPS) is 18.5. The van der Waals surface area contributed by atoms with Crippen LogP contribution in [0, 0.1) is 5.82 Å². The molecule has 0 radical (unpaired) electrons. The van der Waals surface area contributed by atoms with Crippen LogP contribution in [0.15, 0.2) is 48.8 Å². The first-order valence-electron chi connectivity index (χ1n) is 11.8. The van der Waals surface area contributed by atoms with Gasteiger partial charge in [-0.3, -0.25) is 4.98 Å². The molecule has 0 saturated heterocycles. The molecule has 7 nitrogen and oxygen atoms in total. The minimum absolute atomic E-state index is 0.204. The highest BCUT2D eigenvalue weighted by Gasteiger charge is 2.35. The van der Waals surface area contributed by atoms with E-state index in [4.69, 9.17) is 5.73 Å². The van der Waals surface area contributed by atoms with E-state index >= 15 is 0 Å². The Morgan fingerprint density at radius 2 is 1.78 bits per heavy atom. The molecule has 1 fully saturated rings. The summed E-state index contributed by atoms with van der Waals surface area (Å²) >= 11 is 0. The van der Waals surface area contributed by atoms with Crippen molar-refractivity contribution >= 4 is 15.8 Å². The highest BCUT2D eigenvalue weighted by Crippen LogP contribution is 2.26. The molecule has 37 heavy (non-hydrogen) atoms. The minimum atomic E-state index is -4.88. The molecule has 2 heterocycles. The van der Waals surface area contributed by atoms with Gasteiger partial charge in [-0.1, -0.05) is 12.1 Å². The number of halogens is 4. The van der Waals surface area contributed by atoms with Gasteiger partial charge in [0.1, 0.15) is 11.6 Å². The molecule has 3 N–H and O–H groups in total. The van der Waals surface area contributed by atoms with Crippen molar-refractivity contribution in [2.45, 2.75) is 56.1 Å². The monoisotopic (exact) mass is 537 g/mol. The lowest BCUT2D eigenvalue weighted by molar-refractivity contribution is -0.106. The number of alkyl halides is 3. The second-order valence-corrected chi connectivity index (χ2v) is 11.3. The fourth-order valence-electron chi connectivity index (χ4n) is 4.38. The van der Waals surface area contributed by atoms with Crippen molar-refractivity contribution in [1.29, 1.82) is 0 Å². The predicted octanol–water partition coefficient (Wildman–Crippen LogP) is 4.43. The van der Waals surface area contributed by atoms with Gasteiger partial charge < -0.3 is 11.1 Å². The first-order chi connectivity index (χ1) is 17.5. The molecule has 4 rings (SSSR count). The topological polar surface area (TPSA) is 111 Å². The summed E-state index contributed by atoms with van der Waals surface area (Å²) in [4.78, 5) is 13.4. The van der Waals surface area contributed by atoms with Crippen LogP contribution in [0.4, 0.5) is 23.5 Å². The molecule has 0 bridgehead atoms. The molecule has 1 aromatic carbocycles. The molecular formula is C25H27F4N5O2S. The van der Waals surface area contributed by atoms with Gasteiger partial charge in [-0.25, -0.2) is 22.8 Å². The smallest absolute Gasteiger partial charge is 0.351 e. The van der Waals surface area contributed by atoms with Gasteiger partial charge in [0.15, 0.2) is 9.84 Å². The van der Waals surface area contributed by atoms with Gasteiger partial charge in [0.2, 0.25) is 5.95 Å². The first-order valence-corrected chi connectivity index (χ1v) is 13.6. The second kappa shape index (κ2) is 11.1. The van der Waals surface area contributed by atoms with E-state index in [2.05, 4.69) is 20.3 Å². The maximum Gasteiger partial charge on any atom is 0.402 e. The van der Waals surface area contributed by atoms with E-state index in [9.17, 15) is 26.0 Å². The molecule has 0 aliphatic heterocycles. The zero-order valence-electron chi connectivity index (χ0n) is 19.9. The Balaban J connectivity index is 1.50. The van der Waals surface area contributed by atoms with Gasteiger partial charge in [-0.2, -0.15) is 13.2 Å². The van der Waals surface area contributed by atoms with Crippen LogP contribution in [0.3, 0.4) is 0 Å². The van der Waals surface area contributed by atoms with Crippen LogP contribution >= 0.6 is 0 Å². The van der Waals surface area contributed by atoms with Crippen molar-refractivity contribution < 1.29 is 26.0 Å². The molecule has 1 aliphatic carbocycles. The second-order valence-electron chi connectivity index (χ2n) is 9.27. The maximum absolute atomic E-state index is 14.6. The number of rotatable bonds is 8. The van der Waals surface area contributed by atoms with E-state index < -0.39 is 33.3 Å². The number of hydrogen-bond acceptors (Lipinski definition) is 7. The van der Waals surface area contributed by atoms with Gasteiger partial charge in [0, 0.05) is 42.0 Å². The molecule has 0 spiro atoms. The lowest BCUT2D eigenvalue weighted by atomic mass is 9.92. The Hall–Kier alpha value is -3.12. The Bertz CT molecular complexity index is 1340. The number of benzene rings is 1. The average Bonchev–Trinajstić information content (AvgIpc) is 2.81. The first kappa shape index (κ1) is 26.9. The number of sulfone groups is 1. The highest BCUT2D eigenvalue weighted by atomic mass is 32.2. The SMILES string of the molecule is NC1CCC(Nc2nccc(-c3cccnc3Cc3ccc(CS(=O)(=O)CC(F)(F)F)c(F)c3)n2)CC1. The summed E-state index contributed by atoms with van der Waals surface area (Å²) in [6.45, 7) is 0. The van der Waals surface area contributed by atoms with Crippen molar-refractivity contribution in [2.24, 2.45) is 5.73 Å². The lowest BCUT2D eigenvalue weighted by Crippen LogP contribution is -2.33. The van der Waals surface area contributed by atoms with E-state index in [-0.39, 0.29) is 24.1 Å². The van der Waals surface area contributed by atoms with Crippen LogP contribution in [0.1, 0.15) is 42.5 Å². The quantitative estimate of drug-likeness (QED) is 0.409. The molecule has 198 valence electrons.